The van der Waals surface area contributed by atoms with Crippen LogP contribution in [0.15, 0.2) is 78.9 Å². The second-order valence-corrected chi connectivity index (χ2v) is 6.11. The van der Waals surface area contributed by atoms with Crippen LogP contribution in [0.4, 0.5) is 11.4 Å². The van der Waals surface area contributed by atoms with E-state index in [1.54, 1.807) is 6.07 Å². The van der Waals surface area contributed by atoms with Crippen LogP contribution in [0.2, 0.25) is 0 Å². The largest absolute Gasteiger partial charge is 0.504 e. The first-order valence-electron chi connectivity index (χ1n) is 8.22. The monoisotopic (exact) mass is 364 g/mol. The molecule has 3 aromatic rings. The van der Waals surface area contributed by atoms with E-state index in [1.165, 1.54) is 7.11 Å². The average Bonchev–Trinajstić information content (AvgIpc) is 2.68. The number of phenols is 1. The molecule has 4 nitrogen and oxygen atoms in total. The summed E-state index contributed by atoms with van der Waals surface area (Å²) in [6, 6.07) is 25.1. The number of aromatic hydroxyl groups is 1. The average molecular weight is 364 g/mol. The van der Waals surface area contributed by atoms with Crippen LogP contribution in [0.3, 0.4) is 0 Å². The number of nitrogens with zero attached hydrogens (tertiary/aromatic N) is 1. The van der Waals surface area contributed by atoms with Crippen molar-refractivity contribution in [2.75, 3.05) is 17.3 Å². The molecule has 0 aliphatic heterocycles. The molecule has 0 bridgehead atoms. The van der Waals surface area contributed by atoms with E-state index in [-0.39, 0.29) is 5.75 Å². The van der Waals surface area contributed by atoms with E-state index in [0.29, 0.717) is 17.4 Å². The van der Waals surface area contributed by atoms with Crippen LogP contribution in [0.1, 0.15) is 5.56 Å². The molecule has 0 saturated heterocycles. The summed E-state index contributed by atoms with van der Waals surface area (Å²) in [5.74, 6) is 0.560. The van der Waals surface area contributed by atoms with Crippen LogP contribution in [0, 0.1) is 0 Å². The number of thiocarbonyl (C=S) groups is 1. The van der Waals surface area contributed by atoms with Crippen molar-refractivity contribution in [2.24, 2.45) is 0 Å². The summed E-state index contributed by atoms with van der Waals surface area (Å²) in [5, 5.41) is 13.7. The third kappa shape index (κ3) is 4.32. The standard InChI is InChI=1S/C21H20N2O2S/c1-25-20-14-16(12-13-19(20)24)15-23(18-10-6-3-7-11-18)21(26)22-17-8-4-2-5-9-17/h2-14,24H,15H2,1H3,(H,22,26). The predicted octanol–water partition coefficient (Wildman–Crippen LogP) is 4.80. The molecule has 0 aliphatic carbocycles. The molecule has 0 aromatic heterocycles. The zero-order valence-corrected chi connectivity index (χ0v) is 15.2. The molecule has 0 fully saturated rings. The normalized spacial score (nSPS) is 10.2. The van der Waals surface area contributed by atoms with Gasteiger partial charge in [0.05, 0.1) is 13.7 Å². The lowest BCUT2D eigenvalue weighted by molar-refractivity contribution is 0.373. The molecule has 0 spiro atoms. The van der Waals surface area contributed by atoms with Crippen molar-refractivity contribution in [3.8, 4) is 11.5 Å². The van der Waals surface area contributed by atoms with Crippen LogP contribution in [-0.2, 0) is 6.54 Å². The summed E-state index contributed by atoms with van der Waals surface area (Å²) in [6.07, 6.45) is 0. The number of ether oxygens (including phenoxy) is 1. The third-order valence-corrected chi connectivity index (χ3v) is 4.25. The highest BCUT2D eigenvalue weighted by atomic mass is 32.1. The van der Waals surface area contributed by atoms with Crippen LogP contribution in [-0.4, -0.2) is 17.3 Å². The molecule has 132 valence electrons. The quantitative estimate of drug-likeness (QED) is 0.637. The molecular formula is C21H20N2O2S. The molecule has 0 amide bonds. The van der Waals surface area contributed by atoms with Gasteiger partial charge in [-0.25, -0.2) is 0 Å². The molecule has 5 heteroatoms. The van der Waals surface area contributed by atoms with Crippen molar-refractivity contribution < 1.29 is 9.84 Å². The molecule has 3 aromatic carbocycles. The van der Waals surface area contributed by atoms with Crippen LogP contribution in [0.25, 0.3) is 0 Å². The molecule has 3 rings (SSSR count). The molecule has 0 radical (unpaired) electrons. The van der Waals surface area contributed by atoms with E-state index in [2.05, 4.69) is 5.32 Å². The Morgan fingerprint density at radius 1 is 1.00 bits per heavy atom. The lowest BCUT2D eigenvalue weighted by Gasteiger charge is -2.26. The Morgan fingerprint density at radius 2 is 1.65 bits per heavy atom. The fourth-order valence-electron chi connectivity index (χ4n) is 2.60. The number of para-hydroxylation sites is 2. The highest BCUT2D eigenvalue weighted by Gasteiger charge is 2.14. The van der Waals surface area contributed by atoms with Gasteiger partial charge < -0.3 is 20.1 Å². The second kappa shape index (κ2) is 8.36. The number of methoxy groups -OCH3 is 1. The number of phenolic OH excluding ortho intramolecular Hbond substituents is 1. The number of rotatable bonds is 5. The van der Waals surface area contributed by atoms with Crippen molar-refractivity contribution in [1.82, 2.24) is 0 Å². The number of nitrogens with one attached hydrogen (secondary N) is 1. The fourth-order valence-corrected chi connectivity index (χ4v) is 2.89. The first-order chi connectivity index (χ1) is 12.7. The van der Waals surface area contributed by atoms with E-state index < -0.39 is 0 Å². The molecule has 0 aliphatic rings. The summed E-state index contributed by atoms with van der Waals surface area (Å²) in [7, 11) is 1.54. The third-order valence-electron chi connectivity index (χ3n) is 3.92. The molecule has 0 heterocycles. The van der Waals surface area contributed by atoms with Crippen molar-refractivity contribution in [3.63, 3.8) is 0 Å². The molecule has 0 unspecified atom stereocenters. The Hall–Kier alpha value is -3.05. The van der Waals surface area contributed by atoms with Gasteiger partial charge in [0.15, 0.2) is 16.6 Å². The lowest BCUT2D eigenvalue weighted by atomic mass is 10.1. The van der Waals surface area contributed by atoms with E-state index in [0.717, 1.165) is 16.9 Å². The maximum absolute atomic E-state index is 9.81. The Kier molecular flexibility index (Phi) is 5.71. The fraction of sp³-hybridized carbons (Fsp3) is 0.0952. The van der Waals surface area contributed by atoms with Gasteiger partial charge in [-0.3, -0.25) is 0 Å². The highest BCUT2D eigenvalue weighted by Crippen LogP contribution is 2.28. The number of anilines is 2. The van der Waals surface area contributed by atoms with Crippen molar-refractivity contribution >= 4 is 28.7 Å². The minimum Gasteiger partial charge on any atom is -0.504 e. The van der Waals surface area contributed by atoms with Gasteiger partial charge >= 0.3 is 0 Å². The van der Waals surface area contributed by atoms with E-state index in [9.17, 15) is 5.11 Å². The number of benzene rings is 3. The van der Waals surface area contributed by atoms with Crippen molar-refractivity contribution in [1.29, 1.82) is 0 Å². The lowest BCUT2D eigenvalue weighted by Crippen LogP contribution is -2.34. The molecule has 26 heavy (non-hydrogen) atoms. The second-order valence-electron chi connectivity index (χ2n) is 5.72. The Labute approximate surface area is 158 Å². The first-order valence-corrected chi connectivity index (χ1v) is 8.62. The molecule has 0 atom stereocenters. The zero-order chi connectivity index (χ0) is 18.4. The minimum absolute atomic E-state index is 0.118. The van der Waals surface area contributed by atoms with Gasteiger partial charge in [0.2, 0.25) is 0 Å². The van der Waals surface area contributed by atoms with Gasteiger partial charge in [0.1, 0.15) is 0 Å². The maximum atomic E-state index is 9.81. The number of hydrogen-bond acceptors (Lipinski definition) is 3. The minimum atomic E-state index is 0.118. The maximum Gasteiger partial charge on any atom is 0.178 e. The summed E-state index contributed by atoms with van der Waals surface area (Å²) < 4.78 is 5.21. The van der Waals surface area contributed by atoms with Crippen molar-refractivity contribution in [3.05, 3.63) is 84.4 Å². The SMILES string of the molecule is COc1cc(CN(C(=S)Nc2ccccc2)c2ccccc2)ccc1O. The Morgan fingerprint density at radius 3 is 2.31 bits per heavy atom. The van der Waals surface area contributed by atoms with Crippen LogP contribution >= 0.6 is 12.2 Å². The van der Waals surface area contributed by atoms with Crippen molar-refractivity contribution in [2.45, 2.75) is 6.54 Å². The summed E-state index contributed by atoms with van der Waals surface area (Å²) in [6.45, 7) is 0.541. The predicted molar refractivity (Wildman–Crippen MR) is 110 cm³/mol. The van der Waals surface area contributed by atoms with Crippen LogP contribution < -0.4 is 15.0 Å². The number of hydrogen-bond donors (Lipinski definition) is 2. The Bertz CT molecular complexity index is 870. The van der Waals surface area contributed by atoms with Gasteiger partial charge in [-0.05, 0) is 54.2 Å². The summed E-state index contributed by atoms with van der Waals surface area (Å²) in [5.41, 5.74) is 2.88. The van der Waals surface area contributed by atoms with Gasteiger partial charge in [0, 0.05) is 11.4 Å². The first kappa shape index (κ1) is 17.8. The van der Waals surface area contributed by atoms with Gasteiger partial charge in [-0.2, -0.15) is 0 Å². The van der Waals surface area contributed by atoms with Gasteiger partial charge in [-0.15, -0.1) is 0 Å². The highest BCUT2D eigenvalue weighted by molar-refractivity contribution is 7.80. The van der Waals surface area contributed by atoms with E-state index in [1.807, 2.05) is 77.7 Å². The summed E-state index contributed by atoms with van der Waals surface area (Å²) >= 11 is 5.66. The van der Waals surface area contributed by atoms with Gasteiger partial charge in [-0.1, -0.05) is 42.5 Å². The van der Waals surface area contributed by atoms with E-state index >= 15 is 0 Å². The van der Waals surface area contributed by atoms with E-state index in [4.69, 9.17) is 17.0 Å². The zero-order valence-electron chi connectivity index (χ0n) is 14.4. The smallest absolute Gasteiger partial charge is 0.178 e. The summed E-state index contributed by atoms with van der Waals surface area (Å²) in [4.78, 5) is 2.01. The molecule has 2 N–H and O–H groups in total. The van der Waals surface area contributed by atoms with Crippen LogP contribution in [0.5, 0.6) is 11.5 Å². The Balaban J connectivity index is 1.87. The molecule has 0 saturated carbocycles. The topological polar surface area (TPSA) is 44.7 Å². The molecular weight excluding hydrogens is 344 g/mol. The van der Waals surface area contributed by atoms with Gasteiger partial charge in [0.25, 0.3) is 0 Å².